The third kappa shape index (κ3) is 5.43. The monoisotopic (exact) mass is 430 g/mol. The molecule has 1 aromatic carbocycles. The van der Waals surface area contributed by atoms with Gasteiger partial charge in [-0.3, -0.25) is 14.8 Å². The lowest BCUT2D eigenvalue weighted by atomic mass is 9.93. The Balaban J connectivity index is 0.000000269. The third-order valence-corrected chi connectivity index (χ3v) is 4.20. The SMILES string of the molecule is COc1cnc(C)c(F)c1.NC1=NC(c2cc(NC=O)ccc2F)C(F)(F)CC1F. The Hall–Kier alpha value is -3.24. The maximum atomic E-state index is 13.8. The highest BCUT2D eigenvalue weighted by molar-refractivity contribution is 5.86. The number of carbonyl (C=O) groups excluding carboxylic acids is 1. The number of amides is 1. The zero-order valence-corrected chi connectivity index (χ0v) is 16.0. The topological polar surface area (TPSA) is 89.6 Å². The maximum absolute atomic E-state index is 13.8. The van der Waals surface area contributed by atoms with E-state index in [0.29, 0.717) is 17.9 Å². The molecule has 1 aliphatic heterocycles. The molecule has 2 heterocycles. The summed E-state index contributed by atoms with van der Waals surface area (Å²) in [5.74, 6) is -4.97. The zero-order chi connectivity index (χ0) is 22.5. The van der Waals surface area contributed by atoms with E-state index in [1.807, 2.05) is 0 Å². The Bertz CT molecular complexity index is 939. The molecule has 0 spiro atoms. The predicted molar refractivity (Wildman–Crippen MR) is 100 cm³/mol. The van der Waals surface area contributed by atoms with Crippen molar-refractivity contribution in [3.05, 3.63) is 53.4 Å². The predicted octanol–water partition coefficient (Wildman–Crippen LogP) is 3.71. The molecule has 0 saturated heterocycles. The van der Waals surface area contributed by atoms with Gasteiger partial charge in [0.25, 0.3) is 5.92 Å². The number of aliphatic imine (C=N–C) groups is 1. The van der Waals surface area contributed by atoms with Crippen LogP contribution in [0.2, 0.25) is 0 Å². The molecule has 0 saturated carbocycles. The van der Waals surface area contributed by atoms with Crippen LogP contribution in [0.1, 0.15) is 23.7 Å². The number of alkyl halides is 3. The van der Waals surface area contributed by atoms with Crippen molar-refractivity contribution in [2.75, 3.05) is 12.4 Å². The van der Waals surface area contributed by atoms with Gasteiger partial charge >= 0.3 is 0 Å². The van der Waals surface area contributed by atoms with E-state index in [-0.39, 0.29) is 11.5 Å². The number of nitrogens with one attached hydrogen (secondary N) is 1. The second-order valence-corrected chi connectivity index (χ2v) is 6.33. The van der Waals surface area contributed by atoms with Crippen LogP contribution in [0.5, 0.6) is 5.75 Å². The van der Waals surface area contributed by atoms with Crippen molar-refractivity contribution < 1.29 is 31.5 Å². The Kier molecular flexibility index (Phi) is 7.30. The first kappa shape index (κ1) is 23.0. The number of anilines is 1. The number of nitrogens with two attached hydrogens (primary N) is 1. The van der Waals surface area contributed by atoms with Gasteiger partial charge in [-0.1, -0.05) is 0 Å². The number of aryl methyl sites for hydroxylation is 1. The van der Waals surface area contributed by atoms with Crippen LogP contribution >= 0.6 is 0 Å². The average Bonchev–Trinajstić information content (AvgIpc) is 2.69. The molecule has 2 aromatic rings. The number of rotatable bonds is 4. The van der Waals surface area contributed by atoms with Gasteiger partial charge in [-0.05, 0) is 25.1 Å². The van der Waals surface area contributed by atoms with Crippen molar-refractivity contribution in [1.82, 2.24) is 4.98 Å². The van der Waals surface area contributed by atoms with Crippen LogP contribution in [0, 0.1) is 18.6 Å². The van der Waals surface area contributed by atoms with Gasteiger partial charge < -0.3 is 15.8 Å². The molecule has 162 valence electrons. The van der Waals surface area contributed by atoms with Crippen LogP contribution in [0.25, 0.3) is 0 Å². The number of ether oxygens (including phenoxy) is 1. The highest BCUT2D eigenvalue weighted by Crippen LogP contribution is 2.43. The summed E-state index contributed by atoms with van der Waals surface area (Å²) in [5.41, 5.74) is 5.29. The highest BCUT2D eigenvalue weighted by atomic mass is 19.3. The van der Waals surface area contributed by atoms with Crippen molar-refractivity contribution in [1.29, 1.82) is 0 Å². The molecule has 3 rings (SSSR count). The summed E-state index contributed by atoms with van der Waals surface area (Å²) >= 11 is 0. The number of pyridine rings is 1. The first-order chi connectivity index (χ1) is 14.1. The van der Waals surface area contributed by atoms with Gasteiger partial charge in [0.15, 0.2) is 6.17 Å². The first-order valence-corrected chi connectivity index (χ1v) is 8.60. The van der Waals surface area contributed by atoms with Gasteiger partial charge in [-0.2, -0.15) is 0 Å². The minimum Gasteiger partial charge on any atom is -0.495 e. The van der Waals surface area contributed by atoms with Gasteiger partial charge in [-0.25, -0.2) is 22.0 Å². The number of carbonyl (C=O) groups is 1. The number of methoxy groups -OCH3 is 1. The molecule has 11 heteroatoms. The molecular formula is C19H19F5N4O2. The number of amidine groups is 1. The average molecular weight is 430 g/mol. The second kappa shape index (κ2) is 9.51. The molecule has 2 atom stereocenters. The fraction of sp³-hybridized carbons (Fsp3) is 0.316. The Morgan fingerprint density at radius 3 is 2.57 bits per heavy atom. The number of aromatic nitrogens is 1. The molecule has 0 bridgehead atoms. The van der Waals surface area contributed by atoms with E-state index in [4.69, 9.17) is 10.5 Å². The maximum Gasteiger partial charge on any atom is 0.277 e. The quantitative estimate of drug-likeness (QED) is 0.572. The third-order valence-electron chi connectivity index (χ3n) is 4.20. The second-order valence-electron chi connectivity index (χ2n) is 6.33. The lowest BCUT2D eigenvalue weighted by molar-refractivity contribution is -0.105. The van der Waals surface area contributed by atoms with Crippen molar-refractivity contribution >= 4 is 17.9 Å². The largest absolute Gasteiger partial charge is 0.495 e. The van der Waals surface area contributed by atoms with Crippen LogP contribution in [0.3, 0.4) is 0 Å². The van der Waals surface area contributed by atoms with Crippen LogP contribution in [-0.2, 0) is 4.79 Å². The summed E-state index contributed by atoms with van der Waals surface area (Å²) in [6.07, 6.45) is -1.40. The Morgan fingerprint density at radius 2 is 1.97 bits per heavy atom. The van der Waals surface area contributed by atoms with E-state index >= 15 is 0 Å². The Morgan fingerprint density at radius 1 is 1.27 bits per heavy atom. The molecule has 3 N–H and O–H groups in total. The van der Waals surface area contributed by atoms with Gasteiger partial charge in [0.2, 0.25) is 6.41 Å². The first-order valence-electron chi connectivity index (χ1n) is 8.60. The van der Waals surface area contributed by atoms with Gasteiger partial charge in [0, 0.05) is 17.3 Å². The smallest absolute Gasteiger partial charge is 0.277 e. The van der Waals surface area contributed by atoms with E-state index in [0.717, 1.165) is 12.1 Å². The Labute approximate surface area is 169 Å². The molecule has 0 aliphatic carbocycles. The van der Waals surface area contributed by atoms with E-state index in [1.54, 1.807) is 6.92 Å². The standard InChI is InChI=1S/C12H11F4N3O.C7H8FNO/c13-8-2-1-6(18-5-20)3-7(8)10-12(15,16)4-9(14)11(17)19-10;1-5-7(8)3-6(10-2)4-9-5/h1-3,5,9-10H,4H2,(H2,17,19)(H,18,20);3-4H,1-2H3. The molecule has 1 aliphatic rings. The summed E-state index contributed by atoms with van der Waals surface area (Å²) in [6, 6.07) is 2.55. The van der Waals surface area contributed by atoms with Crippen LogP contribution < -0.4 is 15.8 Å². The van der Waals surface area contributed by atoms with Gasteiger partial charge in [0.1, 0.15) is 29.3 Å². The molecule has 1 amide bonds. The van der Waals surface area contributed by atoms with Gasteiger partial charge in [-0.15, -0.1) is 0 Å². The van der Waals surface area contributed by atoms with Crippen molar-refractivity contribution in [2.45, 2.75) is 31.5 Å². The number of benzene rings is 1. The normalized spacial score (nSPS) is 19.8. The minimum atomic E-state index is -3.57. The lowest BCUT2D eigenvalue weighted by Crippen LogP contribution is -2.41. The summed E-state index contributed by atoms with van der Waals surface area (Å²) in [7, 11) is 1.48. The van der Waals surface area contributed by atoms with Crippen LogP contribution in [0.4, 0.5) is 27.6 Å². The van der Waals surface area contributed by atoms with E-state index in [2.05, 4.69) is 15.3 Å². The minimum absolute atomic E-state index is 0.128. The fourth-order valence-electron chi connectivity index (χ4n) is 2.59. The van der Waals surface area contributed by atoms with Crippen molar-refractivity contribution in [3.8, 4) is 5.75 Å². The molecule has 6 nitrogen and oxygen atoms in total. The highest BCUT2D eigenvalue weighted by Gasteiger charge is 2.48. The summed E-state index contributed by atoms with van der Waals surface area (Å²) in [6.45, 7) is 1.61. The van der Waals surface area contributed by atoms with Crippen LogP contribution in [-0.4, -0.2) is 36.4 Å². The van der Waals surface area contributed by atoms with E-state index in [1.165, 1.54) is 25.4 Å². The van der Waals surface area contributed by atoms with Gasteiger partial charge in [0.05, 0.1) is 25.4 Å². The number of halogens is 5. The fourth-order valence-corrected chi connectivity index (χ4v) is 2.59. The van der Waals surface area contributed by atoms with E-state index in [9.17, 15) is 26.7 Å². The van der Waals surface area contributed by atoms with Crippen LogP contribution in [0.15, 0.2) is 35.5 Å². The molecule has 0 radical (unpaired) electrons. The van der Waals surface area contributed by atoms with E-state index < -0.39 is 41.8 Å². The lowest BCUT2D eigenvalue weighted by Gasteiger charge is -2.30. The summed E-state index contributed by atoms with van der Waals surface area (Å²) in [5, 5.41) is 2.22. The summed E-state index contributed by atoms with van der Waals surface area (Å²) < 4.78 is 71.9. The number of hydrogen-bond donors (Lipinski definition) is 2. The zero-order valence-electron chi connectivity index (χ0n) is 16.0. The number of hydrogen-bond acceptors (Lipinski definition) is 5. The summed E-state index contributed by atoms with van der Waals surface area (Å²) in [4.78, 5) is 17.4. The molecular weight excluding hydrogens is 411 g/mol. The van der Waals surface area contributed by atoms with Crippen molar-refractivity contribution in [3.63, 3.8) is 0 Å². The van der Waals surface area contributed by atoms with Crippen molar-refractivity contribution in [2.24, 2.45) is 10.7 Å². The molecule has 0 fully saturated rings. The molecule has 1 aromatic heterocycles. The number of nitrogens with zero attached hydrogens (tertiary/aromatic N) is 2. The molecule has 2 unspecified atom stereocenters. The molecule has 30 heavy (non-hydrogen) atoms.